The third kappa shape index (κ3) is 10.7. The minimum absolute atomic E-state index is 0.125. The molecular weight excluding hydrogens is 764 g/mol. The van der Waals surface area contributed by atoms with Crippen molar-refractivity contribution < 1.29 is 98.9 Å². The molecule has 0 amide bonds. The Bertz CT molecular complexity index is 1640. The molecule has 57 heavy (non-hydrogen) atoms. The lowest BCUT2D eigenvalue weighted by Gasteiger charge is -2.45. The van der Waals surface area contributed by atoms with E-state index < -0.39 is 118 Å². The van der Waals surface area contributed by atoms with Crippen LogP contribution in [0.3, 0.4) is 0 Å². The van der Waals surface area contributed by atoms with Crippen LogP contribution in [-0.4, -0.2) is 188 Å². The van der Waals surface area contributed by atoms with Gasteiger partial charge in [-0.1, -0.05) is 12.1 Å². The molecule has 5 rings (SSSR count). The number of carbonyl (C=O) groups excluding carboxylic acids is 1. The van der Waals surface area contributed by atoms with Crippen molar-refractivity contribution in [3.05, 3.63) is 53.6 Å². The largest absolute Gasteiger partial charge is 0.504 e. The molecule has 318 valence electrons. The van der Waals surface area contributed by atoms with Gasteiger partial charge in [0.2, 0.25) is 0 Å². The minimum atomic E-state index is -1.82. The number of hydrogen-bond acceptors (Lipinski definition) is 20. The first-order chi connectivity index (χ1) is 27.1. The molecule has 20 heteroatoms. The normalized spacial score (nSPS) is 35.9. The summed E-state index contributed by atoms with van der Waals surface area (Å²) >= 11 is 0. The lowest BCUT2D eigenvalue weighted by atomic mass is 9.95. The number of phenols is 3. The second-order valence-corrected chi connectivity index (χ2v) is 13.8. The molecule has 3 heterocycles. The zero-order valence-electron chi connectivity index (χ0n) is 30.9. The molecule has 0 spiro atoms. The summed E-state index contributed by atoms with van der Waals surface area (Å²) in [7, 11) is 1.34. The number of phenolic OH excluding ortho intramolecular Hbond substituents is 3. The third-order valence-electron chi connectivity index (χ3n) is 9.87. The summed E-state index contributed by atoms with van der Waals surface area (Å²) < 4.78 is 45.7. The average Bonchev–Trinajstić information content (AvgIpc) is 3.19. The second kappa shape index (κ2) is 19.8. The Morgan fingerprint density at radius 3 is 2.04 bits per heavy atom. The molecule has 0 bridgehead atoms. The number of aromatic hydroxyl groups is 3. The zero-order chi connectivity index (χ0) is 41.6. The fourth-order valence-corrected chi connectivity index (χ4v) is 6.53. The Morgan fingerprint density at radius 2 is 1.33 bits per heavy atom. The van der Waals surface area contributed by atoms with Gasteiger partial charge in [-0.15, -0.1) is 0 Å². The molecule has 3 aliphatic rings. The SMILES string of the molecule is COc1cc(/C=C/C(=O)O[C@H]2[C@H](OC[C@@H]3O[C@@H](C)[C@H](O)[C@@H](O)[C@H]3O)[C@@H](O)[C@H](OCCc3ccc(O)c(O)c3)O[C@@H]2CO[C@@H]2O[C@H](CO)[C@@H](O)[C@H](O)[C@H]2O)ccc1O. The molecule has 3 fully saturated rings. The predicted octanol–water partition coefficient (Wildman–Crippen LogP) is -2.85. The first kappa shape index (κ1) is 44.4. The van der Waals surface area contributed by atoms with E-state index in [2.05, 4.69) is 0 Å². The number of esters is 1. The third-order valence-corrected chi connectivity index (χ3v) is 9.87. The van der Waals surface area contributed by atoms with Gasteiger partial charge in [-0.25, -0.2) is 4.79 Å². The van der Waals surface area contributed by atoms with Crippen molar-refractivity contribution in [2.45, 2.75) is 105 Å². The van der Waals surface area contributed by atoms with E-state index in [4.69, 9.17) is 37.9 Å². The van der Waals surface area contributed by atoms with E-state index in [0.29, 0.717) is 11.1 Å². The Kier molecular flexibility index (Phi) is 15.4. The quantitative estimate of drug-likeness (QED) is 0.0490. The second-order valence-electron chi connectivity index (χ2n) is 13.8. The number of hydrogen-bond donors (Lipinski definition) is 11. The number of benzene rings is 2. The lowest BCUT2D eigenvalue weighted by molar-refractivity contribution is -0.336. The van der Waals surface area contributed by atoms with Crippen LogP contribution in [0.4, 0.5) is 0 Å². The number of rotatable bonds is 15. The highest BCUT2D eigenvalue weighted by atomic mass is 16.7. The molecule has 2 aromatic carbocycles. The standard InChI is InChI=1S/C37H50O20/c1-16-27(43)30(46)29(45)24(54-16)14-52-35-33(49)37(51-10-9-18-3-6-19(39)21(41)11-18)56-25(15-53-36-32(48)31(47)28(44)23(13-38)55-36)34(35)57-26(42)8-5-17-4-7-20(40)22(12-17)50-2/h3-8,11-12,16,23-25,27-41,43-49H,9-10,13-15H2,1-2H3/b8-5+/t16-,23+,24-,25+,27-,28+,29-,30+,31-,32+,33+,34+,35+,36+,37+/m0/s1. The monoisotopic (exact) mass is 814 g/mol. The number of ether oxygens (including phenoxy) is 8. The van der Waals surface area contributed by atoms with Gasteiger partial charge in [-0.2, -0.15) is 0 Å². The van der Waals surface area contributed by atoms with E-state index in [-0.39, 0.29) is 36.0 Å². The molecule has 3 aliphatic heterocycles. The molecule has 0 unspecified atom stereocenters. The van der Waals surface area contributed by atoms with Crippen molar-refractivity contribution in [2.24, 2.45) is 0 Å². The van der Waals surface area contributed by atoms with E-state index in [1.165, 1.54) is 56.5 Å². The average molecular weight is 815 g/mol. The highest BCUT2D eigenvalue weighted by molar-refractivity contribution is 5.87. The van der Waals surface area contributed by atoms with Crippen LogP contribution in [0.1, 0.15) is 18.1 Å². The molecule has 20 nitrogen and oxygen atoms in total. The molecule has 11 N–H and O–H groups in total. The highest BCUT2D eigenvalue weighted by Gasteiger charge is 2.51. The van der Waals surface area contributed by atoms with Crippen LogP contribution in [-0.2, 0) is 44.4 Å². The first-order valence-corrected chi connectivity index (χ1v) is 18.1. The van der Waals surface area contributed by atoms with E-state index in [0.717, 1.165) is 6.08 Å². The zero-order valence-corrected chi connectivity index (χ0v) is 30.9. The summed E-state index contributed by atoms with van der Waals surface area (Å²) in [4.78, 5) is 13.4. The van der Waals surface area contributed by atoms with Gasteiger partial charge in [-0.05, 0) is 54.8 Å². The number of carbonyl (C=O) groups is 1. The summed E-state index contributed by atoms with van der Waals surface area (Å²) in [5.41, 5.74) is 0.958. The van der Waals surface area contributed by atoms with Gasteiger partial charge < -0.3 is 94.1 Å². The molecule has 3 saturated heterocycles. The fraction of sp³-hybridized carbons (Fsp3) is 0.595. The summed E-state index contributed by atoms with van der Waals surface area (Å²) in [6.45, 7) is -0.591. The van der Waals surface area contributed by atoms with Crippen LogP contribution < -0.4 is 4.74 Å². The molecular formula is C37H50O20. The smallest absolute Gasteiger partial charge is 0.331 e. The van der Waals surface area contributed by atoms with E-state index in [9.17, 15) is 61.0 Å². The van der Waals surface area contributed by atoms with Crippen LogP contribution in [0.25, 0.3) is 6.08 Å². The van der Waals surface area contributed by atoms with Crippen LogP contribution in [0.2, 0.25) is 0 Å². The maximum Gasteiger partial charge on any atom is 0.331 e. The van der Waals surface area contributed by atoms with E-state index in [1.807, 2.05) is 0 Å². The van der Waals surface area contributed by atoms with Crippen LogP contribution in [0.15, 0.2) is 42.5 Å². The molecule has 15 atom stereocenters. The van der Waals surface area contributed by atoms with Gasteiger partial charge in [0.25, 0.3) is 0 Å². The first-order valence-electron chi connectivity index (χ1n) is 18.1. The van der Waals surface area contributed by atoms with E-state index >= 15 is 0 Å². The molecule has 0 saturated carbocycles. The van der Waals surface area contributed by atoms with Crippen LogP contribution >= 0.6 is 0 Å². The maximum absolute atomic E-state index is 13.4. The Hall–Kier alpha value is -3.71. The van der Waals surface area contributed by atoms with Crippen molar-refractivity contribution in [1.82, 2.24) is 0 Å². The van der Waals surface area contributed by atoms with Crippen LogP contribution in [0, 0.1) is 0 Å². The van der Waals surface area contributed by atoms with Crippen molar-refractivity contribution in [2.75, 3.05) is 33.5 Å². The van der Waals surface area contributed by atoms with Crippen LogP contribution in [0.5, 0.6) is 23.0 Å². The van der Waals surface area contributed by atoms with Crippen molar-refractivity contribution in [3.63, 3.8) is 0 Å². The van der Waals surface area contributed by atoms with E-state index in [1.54, 1.807) is 0 Å². The summed E-state index contributed by atoms with van der Waals surface area (Å²) in [6, 6.07) is 8.38. The summed E-state index contributed by atoms with van der Waals surface area (Å²) in [6.07, 6.45) is -20.5. The van der Waals surface area contributed by atoms with Gasteiger partial charge >= 0.3 is 5.97 Å². The minimum Gasteiger partial charge on any atom is -0.504 e. The Labute approximate surface area is 326 Å². The van der Waals surface area contributed by atoms with Crippen molar-refractivity contribution in [3.8, 4) is 23.0 Å². The summed E-state index contributed by atoms with van der Waals surface area (Å²) in [5.74, 6) is -1.73. The van der Waals surface area contributed by atoms with Gasteiger partial charge in [0.1, 0.15) is 67.1 Å². The lowest BCUT2D eigenvalue weighted by Crippen LogP contribution is -2.64. The Morgan fingerprint density at radius 1 is 0.684 bits per heavy atom. The topological polar surface area (TPSA) is 313 Å². The number of aliphatic hydroxyl groups is 8. The Balaban J connectivity index is 1.42. The van der Waals surface area contributed by atoms with Crippen molar-refractivity contribution in [1.29, 1.82) is 0 Å². The number of methoxy groups -OCH3 is 1. The molecule has 0 aromatic heterocycles. The molecule has 2 aromatic rings. The number of aliphatic hydroxyl groups excluding tert-OH is 8. The fourth-order valence-electron chi connectivity index (χ4n) is 6.53. The predicted molar refractivity (Wildman–Crippen MR) is 189 cm³/mol. The summed E-state index contributed by atoms with van der Waals surface area (Å²) in [5, 5.41) is 113. The highest BCUT2D eigenvalue weighted by Crippen LogP contribution is 2.32. The van der Waals surface area contributed by atoms with Gasteiger partial charge in [0.15, 0.2) is 41.7 Å². The van der Waals surface area contributed by atoms with Crippen molar-refractivity contribution >= 4 is 12.0 Å². The maximum atomic E-state index is 13.4. The van der Waals surface area contributed by atoms with Gasteiger partial charge in [-0.3, -0.25) is 0 Å². The van der Waals surface area contributed by atoms with Gasteiger partial charge in [0, 0.05) is 6.08 Å². The van der Waals surface area contributed by atoms with Gasteiger partial charge in [0.05, 0.1) is 39.6 Å². The molecule has 0 radical (unpaired) electrons. The molecule has 0 aliphatic carbocycles.